The van der Waals surface area contributed by atoms with Gasteiger partial charge in [-0.15, -0.1) is 6.58 Å². The van der Waals surface area contributed by atoms with Crippen molar-refractivity contribution in [2.24, 2.45) is 0 Å². The van der Waals surface area contributed by atoms with Crippen molar-refractivity contribution in [3.8, 4) is 44.6 Å². The second-order valence-electron chi connectivity index (χ2n) is 11.9. The summed E-state index contributed by atoms with van der Waals surface area (Å²) in [4.78, 5) is 5.12. The first-order valence-corrected chi connectivity index (χ1v) is 16.3. The number of hydrogen-bond donors (Lipinski definition) is 0. The fourth-order valence-electron chi connectivity index (χ4n) is 7.02. The molecule has 1 nitrogen and oxygen atoms in total. The molecule has 1 aliphatic carbocycles. The van der Waals surface area contributed by atoms with Gasteiger partial charge in [0.25, 0.3) is 0 Å². The van der Waals surface area contributed by atoms with Gasteiger partial charge in [0.1, 0.15) is 0 Å². The van der Waals surface area contributed by atoms with Crippen LogP contribution in [-0.4, -0.2) is 4.98 Å². The van der Waals surface area contributed by atoms with Gasteiger partial charge in [0.15, 0.2) is 0 Å². The van der Waals surface area contributed by atoms with E-state index in [2.05, 4.69) is 160 Å². The Morgan fingerprint density at radius 3 is 1.54 bits per heavy atom. The number of rotatable bonds is 3. The lowest BCUT2D eigenvalue weighted by atomic mass is 9.82. The summed E-state index contributed by atoms with van der Waals surface area (Å²) in [6.45, 7) is 13.9. The molecule has 1 heteroatoms. The van der Waals surface area contributed by atoms with Gasteiger partial charge in [0.2, 0.25) is 0 Å². The Bertz CT molecular complexity index is 2090. The average molecular weight is 596 g/mol. The van der Waals surface area contributed by atoms with Gasteiger partial charge in [0, 0.05) is 22.7 Å². The molecule has 0 spiro atoms. The zero-order valence-electron chi connectivity index (χ0n) is 27.5. The van der Waals surface area contributed by atoms with Gasteiger partial charge in [-0.25, -0.2) is 0 Å². The van der Waals surface area contributed by atoms with Crippen molar-refractivity contribution in [2.45, 2.75) is 40.0 Å². The molecule has 0 N–H and O–H groups in total. The third kappa shape index (κ3) is 5.12. The molecule has 0 radical (unpaired) electrons. The number of hydrogen-bond acceptors (Lipinski definition) is 1. The van der Waals surface area contributed by atoms with E-state index in [9.17, 15) is 0 Å². The van der Waals surface area contributed by atoms with Crippen LogP contribution in [0.25, 0.3) is 66.2 Å². The molecule has 0 amide bonds. The summed E-state index contributed by atoms with van der Waals surface area (Å²) in [5.74, 6) is 0. The molecule has 0 saturated heterocycles. The van der Waals surface area contributed by atoms with Gasteiger partial charge in [0.05, 0.1) is 5.69 Å². The van der Waals surface area contributed by atoms with Crippen molar-refractivity contribution in [3.05, 3.63) is 163 Å². The van der Waals surface area contributed by atoms with Crippen molar-refractivity contribution in [1.29, 1.82) is 0 Å². The Balaban J connectivity index is 0.000000704. The van der Waals surface area contributed by atoms with E-state index in [0.29, 0.717) is 0 Å². The van der Waals surface area contributed by atoms with Crippen LogP contribution in [0.15, 0.2) is 152 Å². The van der Waals surface area contributed by atoms with Gasteiger partial charge >= 0.3 is 0 Å². The van der Waals surface area contributed by atoms with Crippen LogP contribution in [0.2, 0.25) is 0 Å². The minimum absolute atomic E-state index is 0.0276. The highest BCUT2D eigenvalue weighted by Gasteiger charge is 2.36. The van der Waals surface area contributed by atoms with E-state index in [1.54, 1.807) is 6.08 Å². The molecule has 6 aromatic carbocycles. The lowest BCUT2D eigenvalue weighted by Crippen LogP contribution is -2.14. The molecule has 1 heterocycles. The van der Waals surface area contributed by atoms with E-state index < -0.39 is 0 Å². The van der Waals surface area contributed by atoms with Crippen LogP contribution in [0.1, 0.15) is 45.7 Å². The van der Waals surface area contributed by atoms with Crippen LogP contribution >= 0.6 is 0 Å². The molecule has 7 aromatic rings. The third-order valence-corrected chi connectivity index (χ3v) is 8.93. The molecule has 1 aliphatic rings. The SMILES string of the molecule is C=CC.CC.CC1(C)c2ccccc2-c2c(-c3ccc(-c4c5ccccc5c(-c5ccccc5)c5ccccc45)cn3)cccc21. The molecule has 1 aromatic heterocycles. The zero-order chi connectivity index (χ0) is 32.3. The minimum Gasteiger partial charge on any atom is -0.256 e. The van der Waals surface area contributed by atoms with Crippen LogP contribution in [0, 0.1) is 0 Å². The topological polar surface area (TPSA) is 12.9 Å². The third-order valence-electron chi connectivity index (χ3n) is 8.93. The lowest BCUT2D eigenvalue weighted by molar-refractivity contribution is 0.660. The molecule has 0 unspecified atom stereocenters. The van der Waals surface area contributed by atoms with Crippen molar-refractivity contribution in [2.75, 3.05) is 0 Å². The zero-order valence-corrected chi connectivity index (χ0v) is 27.5. The number of fused-ring (bicyclic) bond motifs is 5. The summed E-state index contributed by atoms with van der Waals surface area (Å²) >= 11 is 0. The van der Waals surface area contributed by atoms with Gasteiger partial charge in [-0.2, -0.15) is 0 Å². The molecule has 0 saturated carbocycles. The fourth-order valence-corrected chi connectivity index (χ4v) is 7.02. The fraction of sp³-hybridized carbons (Fsp3) is 0.133. The molecular weight excluding hydrogens is 555 g/mol. The number of allylic oxidation sites excluding steroid dienone is 1. The Labute approximate surface area is 273 Å². The van der Waals surface area contributed by atoms with Crippen molar-refractivity contribution in [1.82, 2.24) is 4.98 Å². The number of nitrogens with zero attached hydrogens (tertiary/aromatic N) is 1. The first-order valence-electron chi connectivity index (χ1n) is 16.3. The van der Waals surface area contributed by atoms with E-state index in [-0.39, 0.29) is 5.41 Å². The maximum Gasteiger partial charge on any atom is 0.0708 e. The molecule has 46 heavy (non-hydrogen) atoms. The van der Waals surface area contributed by atoms with Gasteiger partial charge in [-0.05, 0) is 73.5 Å². The predicted octanol–water partition coefficient (Wildman–Crippen LogP) is 12.9. The molecule has 0 atom stereocenters. The standard InChI is InChI=1S/C40H29N.C3H6.C2H6/c1-40(2)34-21-11-10-19-32(34)39-33(20-12-22-35(39)40)36-24-23-27(25-41-36)38-30-17-8-6-15-28(30)37(26-13-4-3-5-14-26)29-16-7-9-18-31(29)38;1-3-2;1-2/h3-25H,1-2H3;3H,1H2,2H3;1-2H3. The lowest BCUT2D eigenvalue weighted by Gasteiger charge is -2.21. The van der Waals surface area contributed by atoms with Crippen molar-refractivity contribution in [3.63, 3.8) is 0 Å². The molecule has 0 aliphatic heterocycles. The Morgan fingerprint density at radius 1 is 0.500 bits per heavy atom. The summed E-state index contributed by atoms with van der Waals surface area (Å²) < 4.78 is 0. The molecule has 226 valence electrons. The van der Waals surface area contributed by atoms with Gasteiger partial charge in [-0.3, -0.25) is 4.98 Å². The van der Waals surface area contributed by atoms with E-state index in [1.165, 1.54) is 66.1 Å². The summed E-state index contributed by atoms with van der Waals surface area (Å²) in [7, 11) is 0. The largest absolute Gasteiger partial charge is 0.256 e. The number of aromatic nitrogens is 1. The van der Waals surface area contributed by atoms with Crippen LogP contribution in [0.4, 0.5) is 0 Å². The number of pyridine rings is 1. The van der Waals surface area contributed by atoms with Gasteiger partial charge < -0.3 is 0 Å². The normalized spacial score (nSPS) is 12.3. The molecule has 0 bridgehead atoms. The van der Waals surface area contributed by atoms with Crippen molar-refractivity contribution < 1.29 is 0 Å². The predicted molar refractivity (Wildman–Crippen MR) is 200 cm³/mol. The van der Waals surface area contributed by atoms with E-state index in [1.807, 2.05) is 20.8 Å². The van der Waals surface area contributed by atoms with Crippen molar-refractivity contribution >= 4 is 21.5 Å². The second-order valence-corrected chi connectivity index (χ2v) is 11.9. The maximum atomic E-state index is 5.12. The quantitative estimate of drug-likeness (QED) is 0.146. The Hall–Kier alpha value is -5.27. The summed E-state index contributed by atoms with van der Waals surface area (Å²) in [6, 6.07) is 48.3. The first-order chi connectivity index (χ1) is 22.5. The van der Waals surface area contributed by atoms with E-state index in [0.717, 1.165) is 11.3 Å². The van der Waals surface area contributed by atoms with E-state index >= 15 is 0 Å². The van der Waals surface area contributed by atoms with Crippen LogP contribution < -0.4 is 0 Å². The summed E-state index contributed by atoms with van der Waals surface area (Å²) in [5, 5.41) is 5.01. The number of benzene rings is 6. The van der Waals surface area contributed by atoms with Gasteiger partial charge in [-0.1, -0.05) is 161 Å². The first kappa shape index (κ1) is 30.7. The Kier molecular flexibility index (Phi) is 8.68. The molecule has 8 rings (SSSR count). The monoisotopic (exact) mass is 595 g/mol. The Morgan fingerprint density at radius 2 is 0.978 bits per heavy atom. The highest BCUT2D eigenvalue weighted by molar-refractivity contribution is 6.21. The smallest absolute Gasteiger partial charge is 0.0708 e. The highest BCUT2D eigenvalue weighted by Crippen LogP contribution is 2.52. The van der Waals surface area contributed by atoms with Crippen LogP contribution in [-0.2, 0) is 5.41 Å². The molecular formula is C45H41N. The average Bonchev–Trinajstić information content (AvgIpc) is 3.35. The van der Waals surface area contributed by atoms with E-state index in [4.69, 9.17) is 4.98 Å². The maximum absolute atomic E-state index is 5.12. The summed E-state index contributed by atoms with van der Waals surface area (Å²) in [5.41, 5.74) is 12.5. The van der Waals surface area contributed by atoms with Crippen LogP contribution in [0.3, 0.4) is 0 Å². The van der Waals surface area contributed by atoms with Crippen LogP contribution in [0.5, 0.6) is 0 Å². The molecule has 0 fully saturated rings. The highest BCUT2D eigenvalue weighted by atomic mass is 14.7. The second kappa shape index (κ2) is 13.0. The minimum atomic E-state index is -0.0276. The summed E-state index contributed by atoms with van der Waals surface area (Å²) in [6.07, 6.45) is 3.82.